The molecule has 0 unspecified atom stereocenters. The summed E-state index contributed by atoms with van der Waals surface area (Å²) in [6, 6.07) is 2.89. The third-order valence-corrected chi connectivity index (χ3v) is 2.25. The third-order valence-electron chi connectivity index (χ3n) is 2.25. The van der Waals surface area contributed by atoms with Crippen molar-refractivity contribution in [3.63, 3.8) is 0 Å². The molecule has 0 aliphatic rings. The maximum atomic E-state index is 12.3. The lowest BCUT2D eigenvalue weighted by molar-refractivity contribution is -0.127. The van der Waals surface area contributed by atoms with Crippen LogP contribution in [0.5, 0.6) is 11.5 Å². The highest BCUT2D eigenvalue weighted by Crippen LogP contribution is 2.34. The summed E-state index contributed by atoms with van der Waals surface area (Å²) in [7, 11) is 2.81. The molecule has 0 amide bonds. The number of hydrogen-bond donors (Lipinski definition) is 0. The first kappa shape index (κ1) is 12.7. The molecule has 0 radical (unpaired) electrons. The first-order valence-electron chi connectivity index (χ1n) is 4.66. The molecule has 0 heterocycles. The average molecular weight is 234 g/mol. The van der Waals surface area contributed by atoms with Gasteiger partial charge in [0.1, 0.15) is 11.5 Å². The molecule has 1 rings (SSSR count). The fourth-order valence-corrected chi connectivity index (χ4v) is 1.59. The fourth-order valence-electron chi connectivity index (χ4n) is 1.59. The van der Waals surface area contributed by atoms with Crippen LogP contribution in [0.4, 0.5) is 13.2 Å². The van der Waals surface area contributed by atoms with Crippen LogP contribution in [-0.2, 0) is 6.42 Å². The van der Waals surface area contributed by atoms with Gasteiger partial charge in [-0.25, -0.2) is 0 Å². The summed E-state index contributed by atoms with van der Waals surface area (Å²) in [6.07, 6.45) is -5.24. The predicted octanol–water partition coefficient (Wildman–Crippen LogP) is 3.12. The van der Waals surface area contributed by atoms with Crippen molar-refractivity contribution in [1.29, 1.82) is 0 Å². The van der Waals surface area contributed by atoms with Crippen molar-refractivity contribution in [3.8, 4) is 11.5 Å². The lowest BCUT2D eigenvalue weighted by Crippen LogP contribution is -2.13. The van der Waals surface area contributed by atoms with Gasteiger partial charge in [-0.15, -0.1) is 0 Å². The molecule has 16 heavy (non-hydrogen) atoms. The van der Waals surface area contributed by atoms with Crippen molar-refractivity contribution in [1.82, 2.24) is 0 Å². The number of methoxy groups -OCH3 is 2. The van der Waals surface area contributed by atoms with Crippen LogP contribution in [-0.4, -0.2) is 20.4 Å². The van der Waals surface area contributed by atoms with Gasteiger partial charge < -0.3 is 9.47 Å². The highest BCUT2D eigenvalue weighted by Gasteiger charge is 2.30. The Kier molecular flexibility index (Phi) is 3.67. The van der Waals surface area contributed by atoms with Gasteiger partial charge >= 0.3 is 6.18 Å². The average Bonchev–Trinajstić information content (AvgIpc) is 2.16. The van der Waals surface area contributed by atoms with Crippen molar-refractivity contribution in [2.24, 2.45) is 0 Å². The molecule has 1 aromatic rings. The van der Waals surface area contributed by atoms with Gasteiger partial charge in [-0.05, 0) is 13.0 Å². The topological polar surface area (TPSA) is 18.5 Å². The Labute approximate surface area is 92.0 Å². The van der Waals surface area contributed by atoms with Crippen LogP contribution < -0.4 is 9.47 Å². The van der Waals surface area contributed by atoms with Gasteiger partial charge in [-0.3, -0.25) is 0 Å². The second-order valence-corrected chi connectivity index (χ2v) is 3.38. The van der Waals surface area contributed by atoms with Crippen LogP contribution in [0.15, 0.2) is 12.1 Å². The van der Waals surface area contributed by atoms with Crippen molar-refractivity contribution in [2.45, 2.75) is 19.5 Å². The molecule has 0 aromatic heterocycles. The van der Waals surface area contributed by atoms with E-state index in [1.165, 1.54) is 26.4 Å². The quantitative estimate of drug-likeness (QED) is 0.800. The van der Waals surface area contributed by atoms with Crippen LogP contribution in [0.1, 0.15) is 11.1 Å². The number of halogens is 3. The van der Waals surface area contributed by atoms with Gasteiger partial charge in [0.25, 0.3) is 0 Å². The maximum absolute atomic E-state index is 12.3. The maximum Gasteiger partial charge on any atom is 0.393 e. The minimum atomic E-state index is -4.24. The number of benzene rings is 1. The van der Waals surface area contributed by atoms with Crippen LogP contribution >= 0.6 is 0 Å². The second-order valence-electron chi connectivity index (χ2n) is 3.38. The van der Waals surface area contributed by atoms with E-state index in [0.29, 0.717) is 11.3 Å². The molecular formula is C11H13F3O2. The molecule has 0 N–H and O–H groups in total. The van der Waals surface area contributed by atoms with E-state index in [1.807, 2.05) is 0 Å². The molecule has 0 aliphatic heterocycles. The summed E-state index contributed by atoms with van der Waals surface area (Å²) < 4.78 is 46.9. The number of rotatable bonds is 3. The lowest BCUT2D eigenvalue weighted by atomic mass is 10.1. The van der Waals surface area contributed by atoms with E-state index in [2.05, 4.69) is 0 Å². The molecule has 0 aliphatic carbocycles. The monoisotopic (exact) mass is 234 g/mol. The van der Waals surface area contributed by atoms with E-state index in [-0.39, 0.29) is 11.3 Å². The Bertz CT molecular complexity index is 372. The van der Waals surface area contributed by atoms with E-state index >= 15 is 0 Å². The Morgan fingerprint density at radius 3 is 2.19 bits per heavy atom. The summed E-state index contributed by atoms with van der Waals surface area (Å²) >= 11 is 0. The molecule has 0 spiro atoms. The molecule has 90 valence electrons. The number of hydrogen-bond acceptors (Lipinski definition) is 2. The second kappa shape index (κ2) is 4.63. The Morgan fingerprint density at radius 2 is 1.75 bits per heavy atom. The van der Waals surface area contributed by atoms with Crippen molar-refractivity contribution in [3.05, 3.63) is 23.3 Å². The Balaban J connectivity index is 3.16. The number of alkyl halides is 3. The molecule has 0 atom stereocenters. The smallest absolute Gasteiger partial charge is 0.393 e. The summed E-state index contributed by atoms with van der Waals surface area (Å²) in [6.45, 7) is 1.66. The zero-order valence-electron chi connectivity index (χ0n) is 9.31. The molecule has 5 heteroatoms. The molecule has 0 saturated heterocycles. The van der Waals surface area contributed by atoms with Gasteiger partial charge in [0.2, 0.25) is 0 Å². The summed E-state index contributed by atoms with van der Waals surface area (Å²) in [4.78, 5) is 0. The molecular weight excluding hydrogens is 221 g/mol. The molecule has 1 aromatic carbocycles. The normalized spacial score (nSPS) is 11.4. The third kappa shape index (κ3) is 2.81. The zero-order chi connectivity index (χ0) is 12.3. The van der Waals surface area contributed by atoms with Gasteiger partial charge in [-0.1, -0.05) is 6.07 Å². The van der Waals surface area contributed by atoms with E-state index < -0.39 is 12.6 Å². The van der Waals surface area contributed by atoms with Crippen LogP contribution in [0.2, 0.25) is 0 Å². The standard InChI is InChI=1S/C11H13F3O2/c1-7-9(15-2)5-4-8(10(7)16-3)6-11(12,13)14/h4-5H,6H2,1-3H3. The Hall–Kier alpha value is -1.39. The molecule has 0 fully saturated rings. The first-order valence-corrected chi connectivity index (χ1v) is 4.66. The molecule has 2 nitrogen and oxygen atoms in total. The van der Waals surface area contributed by atoms with Gasteiger partial charge in [0.15, 0.2) is 0 Å². The van der Waals surface area contributed by atoms with Crippen LogP contribution in [0, 0.1) is 6.92 Å². The van der Waals surface area contributed by atoms with Crippen molar-refractivity contribution >= 4 is 0 Å². The minimum absolute atomic E-state index is 0.119. The van der Waals surface area contributed by atoms with E-state index in [4.69, 9.17) is 9.47 Å². The molecule has 0 bridgehead atoms. The van der Waals surface area contributed by atoms with Crippen molar-refractivity contribution in [2.75, 3.05) is 14.2 Å². The van der Waals surface area contributed by atoms with Crippen molar-refractivity contribution < 1.29 is 22.6 Å². The van der Waals surface area contributed by atoms with E-state index in [9.17, 15) is 13.2 Å². The minimum Gasteiger partial charge on any atom is -0.496 e. The van der Waals surface area contributed by atoms with E-state index in [0.717, 1.165) is 0 Å². The first-order chi connectivity index (χ1) is 7.39. The highest BCUT2D eigenvalue weighted by molar-refractivity contribution is 5.49. The number of ether oxygens (including phenoxy) is 2. The highest BCUT2D eigenvalue weighted by atomic mass is 19.4. The predicted molar refractivity (Wildman–Crippen MR) is 54.0 cm³/mol. The van der Waals surface area contributed by atoms with E-state index in [1.54, 1.807) is 6.92 Å². The molecule has 0 saturated carbocycles. The van der Waals surface area contributed by atoms with Gasteiger partial charge in [0, 0.05) is 11.1 Å². The van der Waals surface area contributed by atoms with Crippen LogP contribution in [0.25, 0.3) is 0 Å². The summed E-state index contributed by atoms with van der Waals surface area (Å²) in [5.41, 5.74) is 0.694. The summed E-state index contributed by atoms with van der Waals surface area (Å²) in [5, 5.41) is 0. The Morgan fingerprint density at radius 1 is 1.12 bits per heavy atom. The summed E-state index contributed by atoms with van der Waals surface area (Å²) in [5.74, 6) is 0.749. The lowest BCUT2D eigenvalue weighted by Gasteiger charge is -2.15. The van der Waals surface area contributed by atoms with Gasteiger partial charge in [0.05, 0.1) is 20.6 Å². The van der Waals surface area contributed by atoms with Crippen LogP contribution in [0.3, 0.4) is 0 Å². The van der Waals surface area contributed by atoms with Gasteiger partial charge in [-0.2, -0.15) is 13.2 Å². The largest absolute Gasteiger partial charge is 0.496 e. The zero-order valence-corrected chi connectivity index (χ0v) is 9.31. The fraction of sp³-hybridized carbons (Fsp3) is 0.455. The SMILES string of the molecule is COc1ccc(CC(F)(F)F)c(OC)c1C.